The molecule has 0 saturated carbocycles. The maximum atomic E-state index is 12.0. The van der Waals surface area contributed by atoms with Crippen molar-refractivity contribution < 1.29 is 14.3 Å². The van der Waals surface area contributed by atoms with Gasteiger partial charge in [-0.3, -0.25) is 4.99 Å². The minimum atomic E-state index is -0.483. The third kappa shape index (κ3) is 9.07. The van der Waals surface area contributed by atoms with E-state index in [1.165, 1.54) is 0 Å². The van der Waals surface area contributed by atoms with Gasteiger partial charge in [0.05, 0.1) is 12.6 Å². The maximum Gasteiger partial charge on any atom is 0.407 e. The molecule has 1 aromatic rings. The maximum absolute atomic E-state index is 12.0. The topological polar surface area (TPSA) is 75.2 Å². The van der Waals surface area contributed by atoms with Crippen LogP contribution in [0.25, 0.3) is 0 Å². The number of rotatable bonds is 8. The van der Waals surface area contributed by atoms with Crippen LogP contribution in [0.15, 0.2) is 35.3 Å². The summed E-state index contributed by atoms with van der Waals surface area (Å²) >= 11 is 0. The van der Waals surface area contributed by atoms with Gasteiger partial charge in [0.25, 0.3) is 0 Å². The average molecular weight is 405 g/mol. The number of carbonyl (C=O) groups excluding carboxylic acids is 1. The van der Waals surface area contributed by atoms with Gasteiger partial charge in [-0.1, -0.05) is 18.2 Å². The Labute approximate surface area is 174 Å². The van der Waals surface area contributed by atoms with Crippen molar-refractivity contribution in [3.05, 3.63) is 30.3 Å². The largest absolute Gasteiger partial charge is 0.494 e. The molecule has 1 amide bonds. The fraction of sp³-hybridized carbons (Fsp3) is 0.636. The quantitative estimate of drug-likeness (QED) is 0.395. The van der Waals surface area contributed by atoms with Gasteiger partial charge in [0.15, 0.2) is 5.96 Å². The van der Waals surface area contributed by atoms with Gasteiger partial charge in [-0.2, -0.15) is 0 Å². The first-order valence-electron chi connectivity index (χ1n) is 10.6. The van der Waals surface area contributed by atoms with E-state index in [9.17, 15) is 4.79 Å². The molecule has 2 rings (SSSR count). The van der Waals surface area contributed by atoms with Gasteiger partial charge in [-0.15, -0.1) is 0 Å². The SMILES string of the molecule is CCNC(=NCCCCOc1ccccc1)N1CC[C@@H](NC(=O)OC(C)(C)C)C1. The molecule has 1 fully saturated rings. The van der Waals surface area contributed by atoms with Crippen molar-refractivity contribution in [3.8, 4) is 5.75 Å². The summed E-state index contributed by atoms with van der Waals surface area (Å²) in [6, 6.07) is 9.95. The number of amides is 1. The molecule has 7 heteroatoms. The van der Waals surface area contributed by atoms with E-state index in [1.807, 2.05) is 51.1 Å². The Balaban J connectivity index is 1.71. The van der Waals surface area contributed by atoms with Gasteiger partial charge in [0.2, 0.25) is 0 Å². The predicted octanol–water partition coefficient (Wildman–Crippen LogP) is 3.41. The van der Waals surface area contributed by atoms with E-state index in [1.54, 1.807) is 0 Å². The van der Waals surface area contributed by atoms with Crippen molar-refractivity contribution in [3.63, 3.8) is 0 Å². The molecule has 1 aliphatic heterocycles. The second-order valence-corrected chi connectivity index (χ2v) is 8.18. The van der Waals surface area contributed by atoms with Crippen molar-refractivity contribution in [1.82, 2.24) is 15.5 Å². The molecule has 1 aromatic carbocycles. The second-order valence-electron chi connectivity index (χ2n) is 8.18. The molecule has 0 aliphatic carbocycles. The number of hydrogen-bond donors (Lipinski definition) is 2. The van der Waals surface area contributed by atoms with Crippen LogP contribution in [0.1, 0.15) is 47.0 Å². The van der Waals surface area contributed by atoms with Crippen LogP contribution >= 0.6 is 0 Å². The van der Waals surface area contributed by atoms with E-state index in [0.29, 0.717) is 6.61 Å². The molecule has 0 radical (unpaired) electrons. The molecular formula is C22H36N4O3. The number of guanidine groups is 1. The van der Waals surface area contributed by atoms with E-state index in [-0.39, 0.29) is 12.1 Å². The Morgan fingerprint density at radius 3 is 2.69 bits per heavy atom. The first-order chi connectivity index (χ1) is 13.9. The fourth-order valence-electron chi connectivity index (χ4n) is 3.08. The number of likely N-dealkylation sites (tertiary alicyclic amines) is 1. The number of unbranched alkanes of at least 4 members (excludes halogenated alkanes) is 1. The monoisotopic (exact) mass is 404 g/mol. The molecule has 2 N–H and O–H groups in total. The highest BCUT2D eigenvalue weighted by atomic mass is 16.6. The zero-order chi connectivity index (χ0) is 21.1. The molecular weight excluding hydrogens is 368 g/mol. The van der Waals surface area contributed by atoms with Crippen LogP contribution in [0.5, 0.6) is 5.75 Å². The van der Waals surface area contributed by atoms with Crippen molar-refractivity contribution >= 4 is 12.1 Å². The first kappa shape index (κ1) is 22.8. The molecule has 29 heavy (non-hydrogen) atoms. The molecule has 162 valence electrons. The Kier molecular flexibility index (Phi) is 9.09. The van der Waals surface area contributed by atoms with E-state index in [0.717, 1.165) is 57.2 Å². The fourth-order valence-corrected chi connectivity index (χ4v) is 3.08. The first-order valence-corrected chi connectivity index (χ1v) is 10.6. The Bertz CT molecular complexity index is 643. The van der Waals surface area contributed by atoms with Gasteiger partial charge < -0.3 is 25.0 Å². The zero-order valence-electron chi connectivity index (χ0n) is 18.2. The molecule has 0 bridgehead atoms. The van der Waals surface area contributed by atoms with E-state index >= 15 is 0 Å². The van der Waals surface area contributed by atoms with Crippen LogP contribution < -0.4 is 15.4 Å². The van der Waals surface area contributed by atoms with Gasteiger partial charge in [0, 0.05) is 26.2 Å². The van der Waals surface area contributed by atoms with Crippen molar-refractivity contribution in [2.24, 2.45) is 4.99 Å². The van der Waals surface area contributed by atoms with Crippen LogP contribution in [0.3, 0.4) is 0 Å². The molecule has 7 nitrogen and oxygen atoms in total. The lowest BCUT2D eigenvalue weighted by Crippen LogP contribution is -2.44. The minimum Gasteiger partial charge on any atom is -0.494 e. The summed E-state index contributed by atoms with van der Waals surface area (Å²) in [5, 5.41) is 6.31. The van der Waals surface area contributed by atoms with E-state index in [4.69, 9.17) is 14.5 Å². The molecule has 1 atom stereocenters. The van der Waals surface area contributed by atoms with E-state index < -0.39 is 5.60 Å². The number of nitrogens with zero attached hydrogens (tertiary/aromatic N) is 2. The Morgan fingerprint density at radius 2 is 2.00 bits per heavy atom. The Hall–Kier alpha value is -2.44. The number of alkyl carbamates (subject to hydrolysis) is 1. The number of benzene rings is 1. The lowest BCUT2D eigenvalue weighted by Gasteiger charge is -2.23. The molecule has 0 aromatic heterocycles. The summed E-state index contributed by atoms with van der Waals surface area (Å²) in [6.45, 7) is 11.5. The smallest absolute Gasteiger partial charge is 0.407 e. The lowest BCUT2D eigenvalue weighted by atomic mass is 10.2. The number of para-hydroxylation sites is 1. The minimum absolute atomic E-state index is 0.0768. The van der Waals surface area contributed by atoms with Crippen LogP contribution in [0, 0.1) is 0 Å². The Morgan fingerprint density at radius 1 is 1.24 bits per heavy atom. The number of nitrogens with one attached hydrogen (secondary N) is 2. The number of ether oxygens (including phenoxy) is 2. The highest BCUT2D eigenvalue weighted by Crippen LogP contribution is 2.12. The van der Waals surface area contributed by atoms with Crippen LogP contribution in [-0.2, 0) is 4.74 Å². The highest BCUT2D eigenvalue weighted by Gasteiger charge is 2.27. The number of hydrogen-bond acceptors (Lipinski definition) is 4. The summed E-state index contributed by atoms with van der Waals surface area (Å²) in [7, 11) is 0. The van der Waals surface area contributed by atoms with Crippen LogP contribution in [0.4, 0.5) is 4.79 Å². The summed E-state index contributed by atoms with van der Waals surface area (Å²) in [5.74, 6) is 1.81. The summed E-state index contributed by atoms with van der Waals surface area (Å²) < 4.78 is 11.1. The van der Waals surface area contributed by atoms with Gasteiger partial charge in [0.1, 0.15) is 11.4 Å². The lowest BCUT2D eigenvalue weighted by molar-refractivity contribution is 0.0507. The summed E-state index contributed by atoms with van der Waals surface area (Å²) in [5.41, 5.74) is -0.483. The standard InChI is InChI=1S/C22H36N4O3/c1-5-23-20(24-14-9-10-16-28-19-11-7-6-8-12-19)26-15-13-18(17-26)25-21(27)29-22(2,3)4/h6-8,11-12,18H,5,9-10,13-17H2,1-4H3,(H,23,24)(H,25,27)/t18-/m1/s1. The normalized spacial score (nSPS) is 17.2. The molecule has 1 aliphatic rings. The molecule has 1 saturated heterocycles. The third-order valence-electron chi connectivity index (χ3n) is 4.37. The molecule has 0 spiro atoms. The highest BCUT2D eigenvalue weighted by molar-refractivity contribution is 5.80. The third-order valence-corrected chi connectivity index (χ3v) is 4.37. The number of carbonyl (C=O) groups is 1. The van der Waals surface area contributed by atoms with Crippen molar-refractivity contribution in [2.45, 2.75) is 58.6 Å². The van der Waals surface area contributed by atoms with Crippen LogP contribution in [0.2, 0.25) is 0 Å². The van der Waals surface area contributed by atoms with Gasteiger partial charge in [-0.25, -0.2) is 4.79 Å². The summed E-state index contributed by atoms with van der Waals surface area (Å²) in [6.07, 6.45) is 2.45. The second kappa shape index (κ2) is 11.5. The van der Waals surface area contributed by atoms with Crippen LogP contribution in [-0.4, -0.2) is 61.4 Å². The van der Waals surface area contributed by atoms with Gasteiger partial charge in [-0.05, 0) is 59.1 Å². The zero-order valence-corrected chi connectivity index (χ0v) is 18.2. The van der Waals surface area contributed by atoms with Gasteiger partial charge >= 0.3 is 6.09 Å². The molecule has 0 unspecified atom stereocenters. The molecule has 1 heterocycles. The summed E-state index contributed by atoms with van der Waals surface area (Å²) in [4.78, 5) is 18.9. The van der Waals surface area contributed by atoms with Crippen molar-refractivity contribution in [1.29, 1.82) is 0 Å². The van der Waals surface area contributed by atoms with Crippen molar-refractivity contribution in [2.75, 3.05) is 32.8 Å². The van der Waals surface area contributed by atoms with E-state index in [2.05, 4.69) is 22.5 Å². The average Bonchev–Trinajstić information content (AvgIpc) is 3.11. The number of aliphatic imine (C=N–C) groups is 1. The predicted molar refractivity (Wildman–Crippen MR) is 116 cm³/mol.